The molecule has 0 saturated heterocycles. The topological polar surface area (TPSA) is 59.1 Å². The second-order valence-corrected chi connectivity index (χ2v) is 6.83. The van der Waals surface area contributed by atoms with Crippen molar-refractivity contribution in [3.63, 3.8) is 0 Å². The molecule has 1 atom stereocenters. The van der Waals surface area contributed by atoms with Gasteiger partial charge in [0, 0.05) is 13.1 Å². The fourth-order valence-corrected chi connectivity index (χ4v) is 3.44. The molecule has 2 aliphatic rings. The summed E-state index contributed by atoms with van der Waals surface area (Å²) < 4.78 is 11.7. The first kappa shape index (κ1) is 17.5. The van der Waals surface area contributed by atoms with Gasteiger partial charge in [-0.15, -0.1) is 0 Å². The molecule has 0 saturated carbocycles. The molecule has 4 rings (SSSR count). The lowest BCUT2D eigenvalue weighted by Gasteiger charge is -2.32. The number of hydrogen-bond donors (Lipinski definition) is 0. The minimum absolute atomic E-state index is 0.140. The number of carbonyl (C=O) groups excluding carboxylic acids is 2. The number of nitrogens with zero attached hydrogens (tertiary/aromatic N) is 2. The Labute approximate surface area is 158 Å². The molecular weight excluding hydrogens is 344 g/mol. The molecule has 0 spiro atoms. The highest BCUT2D eigenvalue weighted by Crippen LogP contribution is 2.31. The summed E-state index contributed by atoms with van der Waals surface area (Å²) in [6.45, 7) is 1.70. The van der Waals surface area contributed by atoms with Crippen molar-refractivity contribution >= 4 is 11.8 Å². The summed E-state index contributed by atoms with van der Waals surface area (Å²) in [5.41, 5.74) is 1.01. The molecule has 6 nitrogen and oxygen atoms in total. The number of fused-ring (bicyclic) bond motifs is 2. The normalized spacial score (nSPS) is 18.1. The molecule has 140 valence electrons. The molecule has 27 heavy (non-hydrogen) atoms. The summed E-state index contributed by atoms with van der Waals surface area (Å²) in [5.74, 6) is 1.15. The summed E-state index contributed by atoms with van der Waals surface area (Å²) in [5, 5.41) is 0. The summed E-state index contributed by atoms with van der Waals surface area (Å²) in [7, 11) is 1.99. The molecule has 2 heterocycles. The molecular formula is C21H22N2O4. The predicted octanol–water partition coefficient (Wildman–Crippen LogP) is 2.79. The number of likely N-dealkylation sites (N-methyl/N-ethyl adjacent to an activating group) is 1. The summed E-state index contributed by atoms with van der Waals surface area (Å²) in [4.78, 5) is 28.2. The van der Waals surface area contributed by atoms with Crippen LogP contribution in [0.25, 0.3) is 0 Å². The maximum atomic E-state index is 12.4. The van der Waals surface area contributed by atoms with Gasteiger partial charge >= 0.3 is 0 Å². The third kappa shape index (κ3) is 3.40. The van der Waals surface area contributed by atoms with Crippen LogP contribution in [0.4, 0.5) is 0 Å². The van der Waals surface area contributed by atoms with Gasteiger partial charge in [-0.2, -0.15) is 0 Å². The van der Waals surface area contributed by atoms with Crippen LogP contribution in [0.1, 0.15) is 33.6 Å². The van der Waals surface area contributed by atoms with Crippen molar-refractivity contribution < 1.29 is 19.1 Å². The standard InChI is InChI=1S/C21H22N2O4/c1-22(19-14-26-17-10-4-5-11-18(17)27-19)12-6-7-13-23-20(24)15-8-2-3-9-16(15)21(23)25/h2-5,8-11,19H,6-7,12-14H2,1H3. The Bertz CT molecular complexity index is 832. The van der Waals surface area contributed by atoms with E-state index in [1.165, 1.54) is 4.90 Å². The van der Waals surface area contributed by atoms with E-state index in [2.05, 4.69) is 4.90 Å². The van der Waals surface area contributed by atoms with E-state index in [0.29, 0.717) is 24.3 Å². The number of para-hydroxylation sites is 2. The number of amides is 2. The molecule has 2 aromatic carbocycles. The van der Waals surface area contributed by atoms with Crippen LogP contribution in [0.2, 0.25) is 0 Å². The van der Waals surface area contributed by atoms with Gasteiger partial charge in [-0.25, -0.2) is 0 Å². The lowest BCUT2D eigenvalue weighted by atomic mass is 10.1. The zero-order valence-corrected chi connectivity index (χ0v) is 15.3. The van der Waals surface area contributed by atoms with Crippen molar-refractivity contribution in [2.75, 3.05) is 26.7 Å². The third-order valence-corrected chi connectivity index (χ3v) is 5.01. The van der Waals surface area contributed by atoms with Crippen LogP contribution in [-0.2, 0) is 0 Å². The van der Waals surface area contributed by atoms with Crippen LogP contribution in [0, 0.1) is 0 Å². The Kier molecular flexibility index (Phi) is 4.81. The smallest absolute Gasteiger partial charge is 0.261 e. The quantitative estimate of drug-likeness (QED) is 0.581. The first-order chi connectivity index (χ1) is 13.1. The van der Waals surface area contributed by atoms with Gasteiger partial charge in [0.05, 0.1) is 11.1 Å². The van der Waals surface area contributed by atoms with E-state index in [4.69, 9.17) is 9.47 Å². The molecule has 0 N–H and O–H groups in total. The molecule has 0 radical (unpaired) electrons. The van der Waals surface area contributed by atoms with E-state index in [1.807, 2.05) is 31.3 Å². The number of benzene rings is 2. The number of rotatable bonds is 6. The number of ether oxygens (including phenoxy) is 2. The zero-order valence-electron chi connectivity index (χ0n) is 15.3. The maximum Gasteiger partial charge on any atom is 0.261 e. The van der Waals surface area contributed by atoms with E-state index < -0.39 is 0 Å². The van der Waals surface area contributed by atoms with Crippen LogP contribution in [-0.4, -0.2) is 54.6 Å². The molecule has 2 amide bonds. The third-order valence-electron chi connectivity index (χ3n) is 5.01. The Morgan fingerprint density at radius 2 is 1.59 bits per heavy atom. The first-order valence-electron chi connectivity index (χ1n) is 9.19. The van der Waals surface area contributed by atoms with Crippen LogP contribution in [0.3, 0.4) is 0 Å². The second kappa shape index (κ2) is 7.40. The highest BCUT2D eigenvalue weighted by molar-refractivity contribution is 6.21. The number of carbonyl (C=O) groups is 2. The average Bonchev–Trinajstić information content (AvgIpc) is 2.95. The molecule has 0 aromatic heterocycles. The molecule has 0 aliphatic carbocycles. The number of hydrogen-bond acceptors (Lipinski definition) is 5. The average molecular weight is 366 g/mol. The van der Waals surface area contributed by atoms with E-state index in [0.717, 1.165) is 30.9 Å². The predicted molar refractivity (Wildman–Crippen MR) is 100 cm³/mol. The van der Waals surface area contributed by atoms with Gasteiger partial charge in [-0.05, 0) is 44.2 Å². The number of imide groups is 1. The van der Waals surface area contributed by atoms with Gasteiger partial charge in [0.2, 0.25) is 0 Å². The molecule has 1 unspecified atom stereocenters. The van der Waals surface area contributed by atoms with Crippen LogP contribution < -0.4 is 9.47 Å². The van der Waals surface area contributed by atoms with E-state index in [1.54, 1.807) is 24.3 Å². The molecule has 2 aromatic rings. The SMILES string of the molecule is CN(CCCCN1C(=O)c2ccccc2C1=O)C1COc2ccccc2O1. The summed E-state index contributed by atoms with van der Waals surface area (Å²) >= 11 is 0. The highest BCUT2D eigenvalue weighted by Gasteiger charge is 2.34. The van der Waals surface area contributed by atoms with Gasteiger partial charge in [0.1, 0.15) is 6.61 Å². The van der Waals surface area contributed by atoms with Gasteiger partial charge < -0.3 is 9.47 Å². The minimum Gasteiger partial charge on any atom is -0.484 e. The van der Waals surface area contributed by atoms with Crippen molar-refractivity contribution in [3.05, 3.63) is 59.7 Å². The fraction of sp³-hybridized carbons (Fsp3) is 0.333. The lowest BCUT2D eigenvalue weighted by Crippen LogP contribution is -2.43. The van der Waals surface area contributed by atoms with E-state index in [-0.39, 0.29) is 18.0 Å². The molecule has 2 aliphatic heterocycles. The Morgan fingerprint density at radius 1 is 0.963 bits per heavy atom. The van der Waals surface area contributed by atoms with Crippen LogP contribution in [0.5, 0.6) is 11.5 Å². The highest BCUT2D eigenvalue weighted by atomic mass is 16.6. The van der Waals surface area contributed by atoms with E-state index >= 15 is 0 Å². The zero-order chi connectivity index (χ0) is 18.8. The lowest BCUT2D eigenvalue weighted by molar-refractivity contribution is -0.0159. The maximum absolute atomic E-state index is 12.4. The Hall–Kier alpha value is -2.86. The minimum atomic E-state index is -0.190. The van der Waals surface area contributed by atoms with Crippen molar-refractivity contribution in [2.45, 2.75) is 19.1 Å². The molecule has 0 bridgehead atoms. The van der Waals surface area contributed by atoms with Crippen molar-refractivity contribution in [1.82, 2.24) is 9.80 Å². The molecule has 6 heteroatoms. The largest absolute Gasteiger partial charge is 0.484 e. The summed E-state index contributed by atoms with van der Waals surface area (Å²) in [6.07, 6.45) is 1.46. The van der Waals surface area contributed by atoms with Crippen molar-refractivity contribution in [3.8, 4) is 11.5 Å². The summed E-state index contributed by atoms with van der Waals surface area (Å²) in [6, 6.07) is 14.6. The first-order valence-corrected chi connectivity index (χ1v) is 9.19. The van der Waals surface area contributed by atoms with Gasteiger partial charge in [-0.3, -0.25) is 19.4 Å². The van der Waals surface area contributed by atoms with E-state index in [9.17, 15) is 9.59 Å². The fourth-order valence-electron chi connectivity index (χ4n) is 3.44. The van der Waals surface area contributed by atoms with Crippen LogP contribution in [0.15, 0.2) is 48.5 Å². The number of unbranched alkanes of at least 4 members (excludes halogenated alkanes) is 1. The van der Waals surface area contributed by atoms with Crippen molar-refractivity contribution in [2.24, 2.45) is 0 Å². The Balaban J connectivity index is 1.25. The monoisotopic (exact) mass is 366 g/mol. The van der Waals surface area contributed by atoms with Gasteiger partial charge in [0.25, 0.3) is 11.8 Å². The van der Waals surface area contributed by atoms with Crippen LogP contribution >= 0.6 is 0 Å². The second-order valence-electron chi connectivity index (χ2n) is 6.83. The molecule has 0 fully saturated rings. The van der Waals surface area contributed by atoms with Gasteiger partial charge in [0.15, 0.2) is 17.7 Å². The van der Waals surface area contributed by atoms with Crippen molar-refractivity contribution in [1.29, 1.82) is 0 Å². The van der Waals surface area contributed by atoms with Gasteiger partial charge in [-0.1, -0.05) is 24.3 Å². The Morgan fingerprint density at radius 3 is 2.30 bits per heavy atom.